The number of rotatable bonds is 4. The zero-order valence-corrected chi connectivity index (χ0v) is 11.3. The van der Waals surface area contributed by atoms with Gasteiger partial charge in [0, 0.05) is 17.7 Å². The molecule has 0 atom stereocenters. The number of halogens is 1. The maximum atomic E-state index is 11.9. The van der Waals surface area contributed by atoms with E-state index in [0.717, 1.165) is 6.07 Å². The van der Waals surface area contributed by atoms with Gasteiger partial charge in [0.2, 0.25) is 0 Å². The molecular weight excluding hydrogens is 296 g/mol. The maximum Gasteiger partial charge on any atom is 0.296 e. The lowest BCUT2D eigenvalue weighted by Crippen LogP contribution is -2.23. The van der Waals surface area contributed by atoms with E-state index in [1.807, 2.05) is 0 Å². The summed E-state index contributed by atoms with van der Waals surface area (Å²) >= 11 is 5.85. The molecule has 0 spiro atoms. The lowest BCUT2D eigenvalue weighted by atomic mass is 10.1. The SMILES string of the molecule is O=C(Nc1cc([N+](=O)[O-])ccc1Cl)C(=O)c1ccccc1. The van der Waals surface area contributed by atoms with Gasteiger partial charge in [-0.15, -0.1) is 0 Å². The predicted molar refractivity (Wildman–Crippen MR) is 77.5 cm³/mol. The number of nitrogens with zero attached hydrogens (tertiary/aromatic N) is 1. The van der Waals surface area contributed by atoms with Crippen molar-refractivity contribution in [2.75, 3.05) is 5.32 Å². The first kappa shape index (κ1) is 14.7. The predicted octanol–water partition coefficient (Wildman–Crippen LogP) is 3.07. The minimum absolute atomic E-state index is 0.0140. The van der Waals surface area contributed by atoms with Crippen LogP contribution in [-0.4, -0.2) is 16.6 Å². The summed E-state index contributed by atoms with van der Waals surface area (Å²) in [5.74, 6) is -1.67. The second-order valence-electron chi connectivity index (χ2n) is 4.07. The van der Waals surface area contributed by atoms with E-state index in [0.29, 0.717) is 0 Å². The Bertz CT molecular complexity index is 716. The Morgan fingerprint density at radius 2 is 1.76 bits per heavy atom. The topological polar surface area (TPSA) is 89.3 Å². The lowest BCUT2D eigenvalue weighted by molar-refractivity contribution is -0.384. The number of carbonyl (C=O) groups excluding carboxylic acids is 2. The highest BCUT2D eigenvalue weighted by atomic mass is 35.5. The number of Topliss-reactive ketones (excluding diaryl/α,β-unsaturated/α-hetero) is 1. The van der Waals surface area contributed by atoms with Crippen molar-refractivity contribution in [1.82, 2.24) is 0 Å². The highest BCUT2D eigenvalue weighted by Crippen LogP contribution is 2.26. The monoisotopic (exact) mass is 304 g/mol. The molecule has 0 aliphatic rings. The van der Waals surface area contributed by atoms with Crippen molar-refractivity contribution in [3.05, 3.63) is 69.2 Å². The van der Waals surface area contributed by atoms with E-state index in [1.54, 1.807) is 18.2 Å². The van der Waals surface area contributed by atoms with Crippen LogP contribution in [-0.2, 0) is 4.79 Å². The number of ketones is 1. The minimum Gasteiger partial charge on any atom is -0.318 e. The number of benzene rings is 2. The molecule has 0 bridgehead atoms. The van der Waals surface area contributed by atoms with Gasteiger partial charge in [-0.3, -0.25) is 19.7 Å². The van der Waals surface area contributed by atoms with Crippen molar-refractivity contribution < 1.29 is 14.5 Å². The van der Waals surface area contributed by atoms with Crippen LogP contribution < -0.4 is 5.32 Å². The summed E-state index contributed by atoms with van der Waals surface area (Å²) in [6, 6.07) is 11.5. The van der Waals surface area contributed by atoms with Crippen LogP contribution >= 0.6 is 11.6 Å². The van der Waals surface area contributed by atoms with Gasteiger partial charge < -0.3 is 5.32 Å². The molecule has 0 saturated heterocycles. The summed E-state index contributed by atoms with van der Waals surface area (Å²) in [7, 11) is 0. The molecule has 2 rings (SSSR count). The fourth-order valence-electron chi connectivity index (χ4n) is 1.62. The minimum atomic E-state index is -0.913. The molecule has 6 nitrogen and oxygen atoms in total. The maximum absolute atomic E-state index is 11.9. The summed E-state index contributed by atoms with van der Waals surface area (Å²) < 4.78 is 0. The van der Waals surface area contributed by atoms with Crippen LogP contribution in [0.2, 0.25) is 5.02 Å². The molecule has 106 valence electrons. The van der Waals surface area contributed by atoms with Crippen molar-refractivity contribution in [2.24, 2.45) is 0 Å². The third-order valence-corrected chi connectivity index (χ3v) is 2.98. The van der Waals surface area contributed by atoms with Crippen LogP contribution in [0.4, 0.5) is 11.4 Å². The third kappa shape index (κ3) is 3.43. The molecule has 7 heteroatoms. The first-order valence-electron chi connectivity index (χ1n) is 5.83. The van der Waals surface area contributed by atoms with E-state index in [9.17, 15) is 19.7 Å². The van der Waals surface area contributed by atoms with Gasteiger partial charge in [-0.05, 0) is 6.07 Å². The van der Waals surface area contributed by atoms with E-state index >= 15 is 0 Å². The van der Waals surface area contributed by atoms with E-state index in [2.05, 4.69) is 5.32 Å². The Labute approximate surface area is 124 Å². The van der Waals surface area contributed by atoms with Crippen LogP contribution in [0.25, 0.3) is 0 Å². The van der Waals surface area contributed by atoms with Gasteiger partial charge in [-0.1, -0.05) is 41.9 Å². The van der Waals surface area contributed by atoms with Crippen LogP contribution in [0.15, 0.2) is 48.5 Å². The van der Waals surface area contributed by atoms with Crippen molar-refractivity contribution >= 4 is 34.7 Å². The number of anilines is 1. The Hall–Kier alpha value is -2.73. The zero-order valence-electron chi connectivity index (χ0n) is 10.6. The third-order valence-electron chi connectivity index (χ3n) is 2.65. The van der Waals surface area contributed by atoms with Crippen molar-refractivity contribution in [2.45, 2.75) is 0 Å². The van der Waals surface area contributed by atoms with Crippen LogP contribution in [0.1, 0.15) is 10.4 Å². The molecule has 2 aromatic carbocycles. The van der Waals surface area contributed by atoms with E-state index in [-0.39, 0.29) is 22.0 Å². The molecule has 0 unspecified atom stereocenters. The van der Waals surface area contributed by atoms with E-state index in [4.69, 9.17) is 11.6 Å². The molecule has 0 aliphatic carbocycles. The summed E-state index contributed by atoms with van der Waals surface area (Å²) in [4.78, 5) is 33.8. The van der Waals surface area contributed by atoms with E-state index in [1.165, 1.54) is 24.3 Å². The standard InChI is InChI=1S/C14H9ClN2O4/c15-11-7-6-10(17(20)21)8-12(11)16-14(19)13(18)9-4-2-1-3-5-9/h1-8H,(H,16,19). The number of hydrogen-bond acceptors (Lipinski definition) is 4. The lowest BCUT2D eigenvalue weighted by Gasteiger charge is -2.06. The highest BCUT2D eigenvalue weighted by Gasteiger charge is 2.18. The Kier molecular flexibility index (Phi) is 4.30. The molecule has 0 radical (unpaired) electrons. The number of amides is 1. The van der Waals surface area contributed by atoms with Gasteiger partial charge in [0.05, 0.1) is 15.6 Å². The Morgan fingerprint density at radius 1 is 1.10 bits per heavy atom. The fraction of sp³-hybridized carbons (Fsp3) is 0. The first-order chi connectivity index (χ1) is 9.99. The van der Waals surface area contributed by atoms with Crippen LogP contribution in [0.5, 0.6) is 0 Å². The van der Waals surface area contributed by atoms with Crippen molar-refractivity contribution in [1.29, 1.82) is 0 Å². The number of carbonyl (C=O) groups is 2. The Morgan fingerprint density at radius 3 is 2.38 bits per heavy atom. The number of nitro benzene ring substituents is 1. The van der Waals surface area contributed by atoms with Gasteiger partial charge in [-0.2, -0.15) is 0 Å². The Balaban J connectivity index is 2.22. The largest absolute Gasteiger partial charge is 0.318 e. The summed E-state index contributed by atoms with van der Waals surface area (Å²) in [6.07, 6.45) is 0. The average Bonchev–Trinajstić information content (AvgIpc) is 2.49. The first-order valence-corrected chi connectivity index (χ1v) is 6.21. The average molecular weight is 305 g/mol. The number of nitrogens with one attached hydrogen (secondary N) is 1. The van der Waals surface area contributed by atoms with Gasteiger partial charge in [0.15, 0.2) is 0 Å². The van der Waals surface area contributed by atoms with Crippen LogP contribution in [0, 0.1) is 10.1 Å². The normalized spacial score (nSPS) is 9.95. The van der Waals surface area contributed by atoms with Gasteiger partial charge in [-0.25, -0.2) is 0 Å². The molecule has 0 saturated carbocycles. The molecule has 0 fully saturated rings. The molecular formula is C14H9ClN2O4. The quantitative estimate of drug-likeness (QED) is 0.407. The summed E-state index contributed by atoms with van der Waals surface area (Å²) in [6.45, 7) is 0. The summed E-state index contributed by atoms with van der Waals surface area (Å²) in [5.41, 5.74) is -0.00133. The molecule has 0 aromatic heterocycles. The molecule has 1 N–H and O–H groups in total. The second kappa shape index (κ2) is 6.15. The smallest absolute Gasteiger partial charge is 0.296 e. The molecule has 0 aliphatic heterocycles. The zero-order chi connectivity index (χ0) is 15.4. The van der Waals surface area contributed by atoms with Gasteiger partial charge >= 0.3 is 0 Å². The van der Waals surface area contributed by atoms with Crippen LogP contribution in [0.3, 0.4) is 0 Å². The fourth-order valence-corrected chi connectivity index (χ4v) is 1.79. The number of hydrogen-bond donors (Lipinski definition) is 1. The van der Waals surface area contributed by atoms with Gasteiger partial charge in [0.1, 0.15) is 0 Å². The number of nitro groups is 1. The van der Waals surface area contributed by atoms with Crippen molar-refractivity contribution in [3.8, 4) is 0 Å². The molecule has 1 amide bonds. The number of non-ortho nitro benzene ring substituents is 1. The molecule has 0 heterocycles. The summed E-state index contributed by atoms with van der Waals surface area (Å²) in [5, 5.41) is 13.1. The second-order valence-corrected chi connectivity index (χ2v) is 4.48. The van der Waals surface area contributed by atoms with Crippen molar-refractivity contribution in [3.63, 3.8) is 0 Å². The molecule has 21 heavy (non-hydrogen) atoms. The molecule has 2 aromatic rings. The highest BCUT2D eigenvalue weighted by molar-refractivity contribution is 6.47. The van der Waals surface area contributed by atoms with Gasteiger partial charge in [0.25, 0.3) is 17.4 Å². The van der Waals surface area contributed by atoms with E-state index < -0.39 is 16.6 Å².